The fraction of sp³-hybridized carbons (Fsp3) is 0.706. The maximum atomic E-state index is 5.71. The van der Waals surface area contributed by atoms with Crippen LogP contribution in [0.25, 0.3) is 0 Å². The fourth-order valence-corrected chi connectivity index (χ4v) is 3.19. The van der Waals surface area contributed by atoms with E-state index in [-0.39, 0.29) is 0 Å². The Bertz CT molecular complexity index is 368. The number of pyridine rings is 1. The average Bonchev–Trinajstić information content (AvgIpc) is 2.53. The van der Waals surface area contributed by atoms with Crippen LogP contribution in [0, 0.1) is 5.92 Å². The number of nitrogens with two attached hydrogens (primary N) is 1. The lowest BCUT2D eigenvalue weighted by atomic mass is 9.85. The topological polar surface area (TPSA) is 50.9 Å². The quantitative estimate of drug-likeness (QED) is 0.592. The summed E-state index contributed by atoms with van der Waals surface area (Å²) < 4.78 is 0. The summed E-state index contributed by atoms with van der Waals surface area (Å²) in [5.41, 5.74) is 5.43. The van der Waals surface area contributed by atoms with Crippen LogP contribution in [-0.2, 0) is 12.8 Å². The van der Waals surface area contributed by atoms with E-state index in [1.54, 1.807) is 0 Å². The van der Waals surface area contributed by atoms with Gasteiger partial charge in [-0.05, 0) is 36.8 Å². The summed E-state index contributed by atoms with van der Waals surface area (Å²) in [5, 5.41) is 0. The number of hydrazine groups is 1. The Labute approximate surface area is 123 Å². The van der Waals surface area contributed by atoms with Gasteiger partial charge in [0.15, 0.2) is 0 Å². The number of nitrogens with one attached hydrogen (secondary N) is 1. The number of aryl methyl sites for hydroxylation is 1. The monoisotopic (exact) mass is 275 g/mol. The molecule has 20 heavy (non-hydrogen) atoms. The van der Waals surface area contributed by atoms with Crippen LogP contribution in [0.5, 0.6) is 0 Å². The van der Waals surface area contributed by atoms with Crippen molar-refractivity contribution in [2.45, 2.75) is 70.8 Å². The van der Waals surface area contributed by atoms with Gasteiger partial charge < -0.3 is 0 Å². The maximum absolute atomic E-state index is 5.71. The van der Waals surface area contributed by atoms with E-state index in [0.717, 1.165) is 24.5 Å². The summed E-state index contributed by atoms with van der Waals surface area (Å²) in [6, 6.07) is 4.68. The van der Waals surface area contributed by atoms with Crippen molar-refractivity contribution in [1.82, 2.24) is 10.4 Å². The van der Waals surface area contributed by atoms with Crippen molar-refractivity contribution < 1.29 is 0 Å². The summed E-state index contributed by atoms with van der Waals surface area (Å²) in [7, 11) is 0. The zero-order valence-corrected chi connectivity index (χ0v) is 12.8. The molecule has 1 heterocycles. The highest BCUT2D eigenvalue weighted by atomic mass is 15.2. The molecule has 1 aromatic rings. The zero-order chi connectivity index (χ0) is 14.2. The smallest absolute Gasteiger partial charge is 0.0419 e. The molecule has 3 heteroatoms. The van der Waals surface area contributed by atoms with E-state index in [1.165, 1.54) is 50.5 Å². The highest BCUT2D eigenvalue weighted by Crippen LogP contribution is 2.27. The summed E-state index contributed by atoms with van der Waals surface area (Å²) >= 11 is 0. The lowest BCUT2D eigenvalue weighted by Crippen LogP contribution is -2.37. The molecule has 1 aliphatic carbocycles. The second-order valence-electron chi connectivity index (χ2n) is 6.16. The molecule has 112 valence electrons. The van der Waals surface area contributed by atoms with E-state index < -0.39 is 0 Å². The first-order valence-corrected chi connectivity index (χ1v) is 8.21. The Morgan fingerprint density at radius 3 is 2.70 bits per heavy atom. The van der Waals surface area contributed by atoms with E-state index in [2.05, 4.69) is 29.5 Å². The van der Waals surface area contributed by atoms with Crippen molar-refractivity contribution in [2.24, 2.45) is 11.8 Å². The zero-order valence-electron chi connectivity index (χ0n) is 12.8. The van der Waals surface area contributed by atoms with Gasteiger partial charge in [-0.2, -0.15) is 0 Å². The molecule has 0 aromatic carbocycles. The van der Waals surface area contributed by atoms with E-state index in [9.17, 15) is 0 Å². The third-order valence-corrected chi connectivity index (χ3v) is 4.63. The Hall–Kier alpha value is -0.930. The molecule has 0 saturated heterocycles. The Kier molecular flexibility index (Phi) is 6.48. The Morgan fingerprint density at radius 2 is 2.10 bits per heavy atom. The van der Waals surface area contributed by atoms with Gasteiger partial charge in [0.05, 0.1) is 0 Å². The fourth-order valence-electron chi connectivity index (χ4n) is 3.19. The second kappa shape index (κ2) is 8.38. The van der Waals surface area contributed by atoms with Crippen LogP contribution in [0.1, 0.15) is 63.1 Å². The van der Waals surface area contributed by atoms with Crippen LogP contribution in [0.4, 0.5) is 0 Å². The molecule has 2 rings (SSSR count). The van der Waals surface area contributed by atoms with Crippen molar-refractivity contribution >= 4 is 0 Å². The molecule has 0 radical (unpaired) electrons. The van der Waals surface area contributed by atoms with Crippen molar-refractivity contribution in [3.63, 3.8) is 0 Å². The molecule has 0 spiro atoms. The van der Waals surface area contributed by atoms with Gasteiger partial charge in [-0.1, -0.05) is 45.1 Å². The average molecular weight is 275 g/mol. The lowest BCUT2D eigenvalue weighted by Gasteiger charge is -2.24. The molecule has 0 amide bonds. The van der Waals surface area contributed by atoms with Crippen molar-refractivity contribution in [3.05, 3.63) is 29.6 Å². The third-order valence-electron chi connectivity index (χ3n) is 4.63. The van der Waals surface area contributed by atoms with Crippen LogP contribution in [0.2, 0.25) is 0 Å². The van der Waals surface area contributed by atoms with Crippen LogP contribution in [-0.4, -0.2) is 11.0 Å². The van der Waals surface area contributed by atoms with Gasteiger partial charge in [0.2, 0.25) is 0 Å². The standard InChI is InChI=1S/C17H29N3/c1-2-14-8-10-16(19-13-14)12-17(20-18)11-9-15-6-4-3-5-7-15/h8,10,13,15,17,20H,2-7,9,11-12,18H2,1H3. The summed E-state index contributed by atoms with van der Waals surface area (Å²) in [4.78, 5) is 4.54. The van der Waals surface area contributed by atoms with Gasteiger partial charge in [-0.15, -0.1) is 0 Å². The van der Waals surface area contributed by atoms with Crippen LogP contribution < -0.4 is 11.3 Å². The maximum Gasteiger partial charge on any atom is 0.0419 e. The van der Waals surface area contributed by atoms with Gasteiger partial charge in [0.1, 0.15) is 0 Å². The summed E-state index contributed by atoms with van der Waals surface area (Å²) in [5.74, 6) is 6.64. The molecule has 3 nitrogen and oxygen atoms in total. The Morgan fingerprint density at radius 1 is 1.30 bits per heavy atom. The molecule has 1 fully saturated rings. The van der Waals surface area contributed by atoms with Crippen molar-refractivity contribution in [1.29, 1.82) is 0 Å². The first-order chi connectivity index (χ1) is 9.81. The van der Waals surface area contributed by atoms with E-state index >= 15 is 0 Å². The molecule has 0 bridgehead atoms. The van der Waals surface area contributed by atoms with Gasteiger partial charge in [0, 0.05) is 24.4 Å². The number of hydrogen-bond donors (Lipinski definition) is 2. The summed E-state index contributed by atoms with van der Waals surface area (Å²) in [6.07, 6.45) is 13.6. The highest BCUT2D eigenvalue weighted by Gasteiger charge is 2.16. The van der Waals surface area contributed by atoms with Gasteiger partial charge in [-0.25, -0.2) is 0 Å². The molecule has 1 aliphatic rings. The predicted octanol–water partition coefficient (Wildman–Crippen LogP) is 3.38. The number of aromatic nitrogens is 1. The molecule has 1 aromatic heterocycles. The molecule has 1 saturated carbocycles. The van der Waals surface area contributed by atoms with Crippen LogP contribution >= 0.6 is 0 Å². The van der Waals surface area contributed by atoms with Crippen molar-refractivity contribution in [2.75, 3.05) is 0 Å². The highest BCUT2D eigenvalue weighted by molar-refractivity contribution is 5.14. The summed E-state index contributed by atoms with van der Waals surface area (Å²) in [6.45, 7) is 2.16. The first kappa shape index (κ1) is 15.5. The molecular formula is C17H29N3. The normalized spacial score (nSPS) is 18.1. The molecule has 1 atom stereocenters. The van der Waals surface area contributed by atoms with Crippen LogP contribution in [0.15, 0.2) is 18.3 Å². The lowest BCUT2D eigenvalue weighted by molar-refractivity contribution is 0.312. The van der Waals surface area contributed by atoms with Gasteiger partial charge >= 0.3 is 0 Å². The number of nitrogens with zero attached hydrogens (tertiary/aromatic N) is 1. The first-order valence-electron chi connectivity index (χ1n) is 8.21. The third kappa shape index (κ3) is 4.88. The minimum absolute atomic E-state index is 0.358. The minimum Gasteiger partial charge on any atom is -0.271 e. The van der Waals surface area contributed by atoms with Gasteiger partial charge in [0.25, 0.3) is 0 Å². The molecule has 3 N–H and O–H groups in total. The molecular weight excluding hydrogens is 246 g/mol. The van der Waals surface area contributed by atoms with E-state index in [4.69, 9.17) is 5.84 Å². The van der Waals surface area contributed by atoms with E-state index in [0.29, 0.717) is 6.04 Å². The van der Waals surface area contributed by atoms with Gasteiger partial charge in [-0.3, -0.25) is 16.3 Å². The number of hydrogen-bond acceptors (Lipinski definition) is 3. The van der Waals surface area contributed by atoms with E-state index in [1.807, 2.05) is 6.20 Å². The molecule has 1 unspecified atom stereocenters. The second-order valence-corrected chi connectivity index (χ2v) is 6.16. The molecule has 0 aliphatic heterocycles. The number of rotatable bonds is 7. The SMILES string of the molecule is CCc1ccc(CC(CCC2CCCCC2)NN)nc1. The predicted molar refractivity (Wildman–Crippen MR) is 84.2 cm³/mol. The van der Waals surface area contributed by atoms with Crippen LogP contribution in [0.3, 0.4) is 0 Å². The Balaban J connectivity index is 1.78. The largest absolute Gasteiger partial charge is 0.271 e. The minimum atomic E-state index is 0.358. The van der Waals surface area contributed by atoms with Crippen molar-refractivity contribution in [3.8, 4) is 0 Å².